The molecule has 1 aliphatic rings. The van der Waals surface area contributed by atoms with Crippen LogP contribution in [-0.4, -0.2) is 43.6 Å². The number of nitrogens with one attached hydrogen (secondary N) is 2. The summed E-state index contributed by atoms with van der Waals surface area (Å²) in [4.78, 5) is 6.91. The fourth-order valence-electron chi connectivity index (χ4n) is 3.03. The fraction of sp³-hybridized carbons (Fsp3) is 0.611. The molecule has 0 spiro atoms. The van der Waals surface area contributed by atoms with Gasteiger partial charge in [0.2, 0.25) is 0 Å². The van der Waals surface area contributed by atoms with Gasteiger partial charge in [0.05, 0.1) is 0 Å². The van der Waals surface area contributed by atoms with Crippen LogP contribution < -0.4 is 10.6 Å². The molecular formula is C18H31IN4. The number of rotatable bonds is 5. The number of guanidine groups is 1. The molecule has 1 saturated heterocycles. The van der Waals surface area contributed by atoms with E-state index in [0.717, 1.165) is 25.6 Å². The standard InChI is InChI=1S/C18H30N4.HI/c1-4-22-12-6-5-7-17(22)14-21-18(19-3)20-13-16-10-8-15(2)9-11-16;/h8-11,17H,4-7,12-14H2,1-3H3,(H2,19,20,21);1H. The van der Waals surface area contributed by atoms with E-state index in [4.69, 9.17) is 0 Å². The van der Waals surface area contributed by atoms with E-state index in [0.29, 0.717) is 6.04 Å². The number of aryl methyl sites for hydroxylation is 1. The highest BCUT2D eigenvalue weighted by Crippen LogP contribution is 2.15. The number of likely N-dealkylation sites (N-methyl/N-ethyl adjacent to an activating group) is 1. The number of piperidine rings is 1. The summed E-state index contributed by atoms with van der Waals surface area (Å²) in [5, 5.41) is 6.88. The maximum atomic E-state index is 4.33. The van der Waals surface area contributed by atoms with Gasteiger partial charge in [0, 0.05) is 26.2 Å². The Hall–Kier alpha value is -0.820. The van der Waals surface area contributed by atoms with E-state index in [1.807, 2.05) is 7.05 Å². The lowest BCUT2D eigenvalue weighted by molar-refractivity contribution is 0.157. The Morgan fingerprint density at radius 2 is 1.96 bits per heavy atom. The first-order valence-corrected chi connectivity index (χ1v) is 8.47. The number of nitrogens with zero attached hydrogens (tertiary/aromatic N) is 2. The maximum Gasteiger partial charge on any atom is 0.191 e. The monoisotopic (exact) mass is 430 g/mol. The van der Waals surface area contributed by atoms with Crippen LogP contribution in [-0.2, 0) is 6.54 Å². The molecular weight excluding hydrogens is 399 g/mol. The zero-order valence-electron chi connectivity index (χ0n) is 14.6. The molecule has 1 unspecified atom stereocenters. The number of aliphatic imine (C=N–C) groups is 1. The van der Waals surface area contributed by atoms with Gasteiger partial charge in [-0.15, -0.1) is 24.0 Å². The van der Waals surface area contributed by atoms with E-state index in [1.165, 1.54) is 36.9 Å². The molecule has 0 saturated carbocycles. The number of hydrogen-bond donors (Lipinski definition) is 2. The average Bonchev–Trinajstić information content (AvgIpc) is 2.57. The van der Waals surface area contributed by atoms with Gasteiger partial charge in [-0.05, 0) is 38.4 Å². The summed E-state index contributed by atoms with van der Waals surface area (Å²) < 4.78 is 0. The largest absolute Gasteiger partial charge is 0.355 e. The third kappa shape index (κ3) is 6.67. The molecule has 0 amide bonds. The van der Waals surface area contributed by atoms with Gasteiger partial charge in [0.15, 0.2) is 5.96 Å². The first kappa shape index (κ1) is 20.2. The molecule has 2 rings (SSSR count). The van der Waals surface area contributed by atoms with E-state index in [1.54, 1.807) is 0 Å². The van der Waals surface area contributed by atoms with E-state index in [-0.39, 0.29) is 24.0 Å². The molecule has 1 heterocycles. The molecule has 1 fully saturated rings. The lowest BCUT2D eigenvalue weighted by Crippen LogP contribution is -2.48. The minimum absolute atomic E-state index is 0. The summed E-state index contributed by atoms with van der Waals surface area (Å²) in [6.45, 7) is 8.52. The van der Waals surface area contributed by atoms with Crippen LogP contribution >= 0.6 is 24.0 Å². The van der Waals surface area contributed by atoms with Gasteiger partial charge in [-0.1, -0.05) is 43.2 Å². The summed E-state index contributed by atoms with van der Waals surface area (Å²) >= 11 is 0. The van der Waals surface area contributed by atoms with E-state index < -0.39 is 0 Å². The molecule has 0 aromatic heterocycles. The van der Waals surface area contributed by atoms with Crippen molar-refractivity contribution >= 4 is 29.9 Å². The normalized spacial score (nSPS) is 19.1. The molecule has 23 heavy (non-hydrogen) atoms. The lowest BCUT2D eigenvalue weighted by Gasteiger charge is -2.35. The van der Waals surface area contributed by atoms with Crippen molar-refractivity contribution < 1.29 is 0 Å². The highest BCUT2D eigenvalue weighted by molar-refractivity contribution is 14.0. The third-order valence-corrected chi connectivity index (χ3v) is 4.46. The van der Waals surface area contributed by atoms with Gasteiger partial charge >= 0.3 is 0 Å². The molecule has 1 atom stereocenters. The van der Waals surface area contributed by atoms with E-state index in [9.17, 15) is 0 Å². The topological polar surface area (TPSA) is 39.7 Å². The summed E-state index contributed by atoms with van der Waals surface area (Å²) in [5.41, 5.74) is 2.57. The van der Waals surface area contributed by atoms with Crippen molar-refractivity contribution in [1.29, 1.82) is 0 Å². The molecule has 0 bridgehead atoms. The van der Waals surface area contributed by atoms with E-state index >= 15 is 0 Å². The van der Waals surface area contributed by atoms with Gasteiger partial charge < -0.3 is 10.6 Å². The van der Waals surface area contributed by atoms with Crippen molar-refractivity contribution in [2.75, 3.05) is 26.7 Å². The molecule has 0 aliphatic carbocycles. The molecule has 1 aliphatic heterocycles. The zero-order chi connectivity index (χ0) is 15.8. The van der Waals surface area contributed by atoms with Gasteiger partial charge in [0.25, 0.3) is 0 Å². The van der Waals surface area contributed by atoms with Gasteiger partial charge in [-0.25, -0.2) is 0 Å². The Labute approximate surface area is 158 Å². The second-order valence-corrected chi connectivity index (χ2v) is 6.07. The Bertz CT molecular complexity index is 472. The summed E-state index contributed by atoms with van der Waals surface area (Å²) in [6, 6.07) is 9.25. The van der Waals surface area contributed by atoms with Crippen LogP contribution in [0.4, 0.5) is 0 Å². The van der Waals surface area contributed by atoms with Gasteiger partial charge in [0.1, 0.15) is 0 Å². The highest BCUT2D eigenvalue weighted by Gasteiger charge is 2.20. The number of likely N-dealkylation sites (tertiary alicyclic amines) is 1. The van der Waals surface area contributed by atoms with Crippen LogP contribution in [0.3, 0.4) is 0 Å². The minimum Gasteiger partial charge on any atom is -0.355 e. The number of hydrogen-bond acceptors (Lipinski definition) is 2. The number of halogens is 1. The van der Waals surface area contributed by atoms with E-state index in [2.05, 4.69) is 58.6 Å². The van der Waals surface area contributed by atoms with Crippen LogP contribution in [0.5, 0.6) is 0 Å². The van der Waals surface area contributed by atoms with Crippen LogP contribution in [0.15, 0.2) is 29.3 Å². The predicted molar refractivity (Wildman–Crippen MR) is 110 cm³/mol. The van der Waals surface area contributed by atoms with Crippen molar-refractivity contribution in [3.63, 3.8) is 0 Å². The first-order chi connectivity index (χ1) is 10.7. The summed E-state index contributed by atoms with van der Waals surface area (Å²) in [7, 11) is 1.84. The van der Waals surface area contributed by atoms with Gasteiger partial charge in [-0.3, -0.25) is 9.89 Å². The molecule has 1 aromatic rings. The molecule has 1 aromatic carbocycles. The summed E-state index contributed by atoms with van der Waals surface area (Å²) in [5.74, 6) is 0.891. The molecule has 130 valence electrons. The Morgan fingerprint density at radius 1 is 1.22 bits per heavy atom. The van der Waals surface area contributed by atoms with Crippen molar-refractivity contribution in [1.82, 2.24) is 15.5 Å². The summed E-state index contributed by atoms with van der Waals surface area (Å²) in [6.07, 6.45) is 3.97. The molecule has 2 N–H and O–H groups in total. The van der Waals surface area contributed by atoms with Crippen molar-refractivity contribution in [2.45, 2.75) is 45.7 Å². The lowest BCUT2D eigenvalue weighted by atomic mass is 10.0. The molecule has 4 nitrogen and oxygen atoms in total. The average molecular weight is 430 g/mol. The quantitative estimate of drug-likeness (QED) is 0.429. The smallest absolute Gasteiger partial charge is 0.191 e. The Balaban J connectivity index is 0.00000264. The Kier molecular flexibility index (Phi) is 9.55. The van der Waals surface area contributed by atoms with Crippen LogP contribution in [0.2, 0.25) is 0 Å². The van der Waals surface area contributed by atoms with Crippen LogP contribution in [0, 0.1) is 6.92 Å². The number of benzene rings is 1. The van der Waals surface area contributed by atoms with Crippen LogP contribution in [0.25, 0.3) is 0 Å². The van der Waals surface area contributed by atoms with Crippen molar-refractivity contribution in [2.24, 2.45) is 4.99 Å². The SMILES string of the molecule is CCN1CCCCC1CNC(=NC)NCc1ccc(C)cc1.I. The fourth-order valence-corrected chi connectivity index (χ4v) is 3.03. The predicted octanol–water partition coefficient (Wildman–Crippen LogP) is 3.15. The molecule has 5 heteroatoms. The Morgan fingerprint density at radius 3 is 2.61 bits per heavy atom. The maximum absolute atomic E-state index is 4.33. The first-order valence-electron chi connectivity index (χ1n) is 8.47. The minimum atomic E-state index is 0. The highest BCUT2D eigenvalue weighted by atomic mass is 127. The second-order valence-electron chi connectivity index (χ2n) is 6.07. The van der Waals surface area contributed by atoms with Gasteiger partial charge in [-0.2, -0.15) is 0 Å². The van der Waals surface area contributed by atoms with Crippen molar-refractivity contribution in [3.8, 4) is 0 Å². The van der Waals surface area contributed by atoms with Crippen molar-refractivity contribution in [3.05, 3.63) is 35.4 Å². The van der Waals surface area contributed by atoms with Crippen LogP contribution in [0.1, 0.15) is 37.3 Å². The molecule has 0 radical (unpaired) electrons. The second kappa shape index (κ2) is 10.9. The third-order valence-electron chi connectivity index (χ3n) is 4.46. The zero-order valence-corrected chi connectivity index (χ0v) is 17.0.